The molecule has 0 spiro atoms. The minimum Gasteiger partial charge on any atom is -0.313 e. The van der Waals surface area contributed by atoms with E-state index < -0.39 is 0 Å². The Kier molecular flexibility index (Phi) is 2.88. The summed E-state index contributed by atoms with van der Waals surface area (Å²) in [5, 5.41) is 11.9. The molecule has 5 nitrogen and oxygen atoms in total. The first kappa shape index (κ1) is 10.2. The summed E-state index contributed by atoms with van der Waals surface area (Å²) in [6.45, 7) is 6.62. The van der Waals surface area contributed by atoms with E-state index in [0.29, 0.717) is 0 Å². The van der Waals surface area contributed by atoms with Crippen LogP contribution in [0, 0.1) is 0 Å². The average molecular weight is 221 g/mol. The van der Waals surface area contributed by atoms with Gasteiger partial charge in [0, 0.05) is 26.1 Å². The molecule has 3 rings (SSSR count). The quantitative estimate of drug-likeness (QED) is 0.781. The second-order valence-corrected chi connectivity index (χ2v) is 4.66. The number of likely N-dealkylation sites (tertiary alicyclic amines) is 1. The van der Waals surface area contributed by atoms with Gasteiger partial charge in [-0.05, 0) is 25.9 Å². The lowest BCUT2D eigenvalue weighted by atomic mass is 10.3. The monoisotopic (exact) mass is 221 g/mol. The highest BCUT2D eigenvalue weighted by Crippen LogP contribution is 2.10. The van der Waals surface area contributed by atoms with Crippen LogP contribution in [0.4, 0.5) is 0 Å². The zero-order chi connectivity index (χ0) is 10.8. The molecular weight excluding hydrogens is 202 g/mol. The van der Waals surface area contributed by atoms with E-state index in [0.717, 1.165) is 38.4 Å². The molecular formula is C11H19N5. The van der Waals surface area contributed by atoms with Crippen molar-refractivity contribution in [2.45, 2.75) is 32.4 Å². The van der Waals surface area contributed by atoms with Gasteiger partial charge in [0.25, 0.3) is 0 Å². The average Bonchev–Trinajstić information content (AvgIpc) is 2.96. The fraction of sp³-hybridized carbons (Fsp3) is 0.818. The van der Waals surface area contributed by atoms with Gasteiger partial charge in [-0.25, -0.2) is 0 Å². The topological polar surface area (TPSA) is 46.0 Å². The van der Waals surface area contributed by atoms with Crippen LogP contribution in [0.1, 0.15) is 24.5 Å². The normalized spacial score (nSPS) is 21.2. The number of nitrogens with zero attached hydrogens (tertiary/aromatic N) is 4. The third kappa shape index (κ3) is 1.97. The number of fused-ring (bicyclic) bond motifs is 1. The first-order valence-electron chi connectivity index (χ1n) is 6.27. The molecule has 1 saturated heterocycles. The van der Waals surface area contributed by atoms with E-state index in [-0.39, 0.29) is 0 Å². The molecule has 0 saturated carbocycles. The lowest BCUT2D eigenvalue weighted by Crippen LogP contribution is -2.30. The molecule has 0 aromatic carbocycles. The Morgan fingerprint density at radius 2 is 2.00 bits per heavy atom. The van der Waals surface area contributed by atoms with Gasteiger partial charge in [0.2, 0.25) is 0 Å². The van der Waals surface area contributed by atoms with E-state index in [1.807, 2.05) is 0 Å². The second kappa shape index (κ2) is 4.51. The summed E-state index contributed by atoms with van der Waals surface area (Å²) >= 11 is 0. The van der Waals surface area contributed by atoms with Crippen molar-refractivity contribution >= 4 is 0 Å². The Hall–Kier alpha value is -0.940. The Morgan fingerprint density at radius 3 is 2.88 bits per heavy atom. The zero-order valence-corrected chi connectivity index (χ0v) is 9.65. The van der Waals surface area contributed by atoms with Crippen molar-refractivity contribution in [3.8, 4) is 0 Å². The predicted octanol–water partition coefficient (Wildman–Crippen LogP) is 0.0196. The van der Waals surface area contributed by atoms with E-state index in [9.17, 15) is 0 Å². The highest BCUT2D eigenvalue weighted by atomic mass is 15.3. The van der Waals surface area contributed by atoms with Crippen molar-refractivity contribution in [3.63, 3.8) is 0 Å². The van der Waals surface area contributed by atoms with E-state index in [2.05, 4.69) is 25.0 Å². The predicted molar refractivity (Wildman–Crippen MR) is 61.1 cm³/mol. The maximum atomic E-state index is 4.31. The lowest BCUT2D eigenvalue weighted by molar-refractivity contribution is 0.337. The summed E-state index contributed by atoms with van der Waals surface area (Å²) in [7, 11) is 0. The Labute approximate surface area is 95.8 Å². The Balaban J connectivity index is 1.63. The molecule has 0 radical (unpaired) electrons. The maximum Gasteiger partial charge on any atom is 0.147 e. The van der Waals surface area contributed by atoms with Crippen LogP contribution in [-0.4, -0.2) is 45.8 Å². The number of rotatable bonds is 3. The molecule has 0 bridgehead atoms. The van der Waals surface area contributed by atoms with Crippen LogP contribution in [0.15, 0.2) is 0 Å². The Morgan fingerprint density at radius 1 is 1.12 bits per heavy atom. The second-order valence-electron chi connectivity index (χ2n) is 4.66. The molecule has 5 heteroatoms. The number of hydrogen-bond donors (Lipinski definition) is 1. The van der Waals surface area contributed by atoms with Crippen molar-refractivity contribution in [1.82, 2.24) is 25.0 Å². The van der Waals surface area contributed by atoms with Crippen molar-refractivity contribution in [2.24, 2.45) is 0 Å². The van der Waals surface area contributed by atoms with Gasteiger partial charge >= 0.3 is 0 Å². The largest absolute Gasteiger partial charge is 0.313 e. The number of aromatic nitrogens is 3. The van der Waals surface area contributed by atoms with Gasteiger partial charge in [-0.1, -0.05) is 0 Å². The van der Waals surface area contributed by atoms with Gasteiger partial charge in [-0.3, -0.25) is 0 Å². The number of hydrogen-bond acceptors (Lipinski definition) is 4. The molecule has 1 aromatic rings. The molecule has 2 aliphatic heterocycles. The summed E-state index contributed by atoms with van der Waals surface area (Å²) < 4.78 is 2.28. The fourth-order valence-electron chi connectivity index (χ4n) is 2.60. The van der Waals surface area contributed by atoms with Crippen molar-refractivity contribution in [2.75, 3.05) is 26.2 Å². The summed E-state index contributed by atoms with van der Waals surface area (Å²) in [6.07, 6.45) is 3.77. The lowest BCUT2D eigenvalue weighted by Gasteiger charge is -2.17. The van der Waals surface area contributed by atoms with Gasteiger partial charge in [-0.2, -0.15) is 0 Å². The smallest absolute Gasteiger partial charge is 0.147 e. The first-order valence-corrected chi connectivity index (χ1v) is 6.27. The minimum atomic E-state index is 0.872. The summed E-state index contributed by atoms with van der Waals surface area (Å²) in [6, 6.07) is 0. The third-order valence-corrected chi connectivity index (χ3v) is 3.55. The van der Waals surface area contributed by atoms with Gasteiger partial charge in [0.15, 0.2) is 0 Å². The molecule has 3 heterocycles. The third-order valence-electron chi connectivity index (χ3n) is 3.55. The van der Waals surface area contributed by atoms with E-state index in [1.165, 1.54) is 31.8 Å². The maximum absolute atomic E-state index is 4.31. The molecule has 16 heavy (non-hydrogen) atoms. The zero-order valence-electron chi connectivity index (χ0n) is 9.65. The van der Waals surface area contributed by atoms with Crippen LogP contribution in [0.25, 0.3) is 0 Å². The summed E-state index contributed by atoms with van der Waals surface area (Å²) in [4.78, 5) is 2.53. The van der Waals surface area contributed by atoms with Crippen molar-refractivity contribution < 1.29 is 0 Å². The molecule has 1 N–H and O–H groups in total. The van der Waals surface area contributed by atoms with Gasteiger partial charge < -0.3 is 14.8 Å². The molecule has 0 amide bonds. The minimum absolute atomic E-state index is 0.872. The molecule has 0 unspecified atom stereocenters. The highest BCUT2D eigenvalue weighted by molar-refractivity contribution is 4.99. The SMILES string of the molecule is C1CCN(CCc2nnc3n2CCNC3)C1. The highest BCUT2D eigenvalue weighted by Gasteiger charge is 2.17. The van der Waals surface area contributed by atoms with Gasteiger partial charge in [0.05, 0.1) is 6.54 Å². The van der Waals surface area contributed by atoms with E-state index >= 15 is 0 Å². The van der Waals surface area contributed by atoms with Crippen LogP contribution >= 0.6 is 0 Å². The molecule has 88 valence electrons. The fourth-order valence-corrected chi connectivity index (χ4v) is 2.60. The van der Waals surface area contributed by atoms with Crippen LogP contribution < -0.4 is 5.32 Å². The Bertz CT molecular complexity index is 353. The van der Waals surface area contributed by atoms with Gasteiger partial charge in [-0.15, -0.1) is 10.2 Å². The van der Waals surface area contributed by atoms with Crippen LogP contribution in [0.2, 0.25) is 0 Å². The molecule has 0 atom stereocenters. The summed E-state index contributed by atoms with van der Waals surface area (Å²) in [5.41, 5.74) is 0. The van der Waals surface area contributed by atoms with E-state index in [1.54, 1.807) is 0 Å². The molecule has 0 aliphatic carbocycles. The standard InChI is InChI=1S/C11H19N5/c1-2-6-15(5-1)7-3-10-13-14-11-9-12-4-8-16(10)11/h12H,1-9H2. The van der Waals surface area contributed by atoms with Gasteiger partial charge in [0.1, 0.15) is 11.6 Å². The van der Waals surface area contributed by atoms with Crippen LogP contribution in [-0.2, 0) is 19.5 Å². The van der Waals surface area contributed by atoms with Crippen molar-refractivity contribution in [3.05, 3.63) is 11.6 Å². The van der Waals surface area contributed by atoms with Crippen molar-refractivity contribution in [1.29, 1.82) is 0 Å². The molecule has 1 fully saturated rings. The van der Waals surface area contributed by atoms with Crippen LogP contribution in [0.3, 0.4) is 0 Å². The molecule has 2 aliphatic rings. The summed E-state index contributed by atoms with van der Waals surface area (Å²) in [5.74, 6) is 2.27. The first-order chi connectivity index (χ1) is 7.93. The van der Waals surface area contributed by atoms with Crippen LogP contribution in [0.5, 0.6) is 0 Å². The number of nitrogens with one attached hydrogen (secondary N) is 1. The van der Waals surface area contributed by atoms with E-state index in [4.69, 9.17) is 0 Å². The molecule has 1 aromatic heterocycles.